The number of nitrogens with one attached hydrogen (secondary N) is 2. The van der Waals surface area contributed by atoms with Gasteiger partial charge in [0.2, 0.25) is 15.9 Å². The third-order valence-corrected chi connectivity index (χ3v) is 6.08. The van der Waals surface area contributed by atoms with Crippen LogP contribution in [0.5, 0.6) is 0 Å². The van der Waals surface area contributed by atoms with Crippen LogP contribution < -0.4 is 5.69 Å². The minimum atomic E-state index is -3.65. The molecule has 2 aromatic rings. The molecule has 1 aliphatic heterocycles. The van der Waals surface area contributed by atoms with Crippen LogP contribution in [0.15, 0.2) is 27.9 Å². The number of sulfonamides is 1. The summed E-state index contributed by atoms with van der Waals surface area (Å²) < 4.78 is 26.9. The average molecular weight is 352 g/mol. The first-order valence-electron chi connectivity index (χ1n) is 7.92. The van der Waals surface area contributed by atoms with E-state index in [1.165, 1.54) is 16.4 Å². The first-order valence-corrected chi connectivity index (χ1v) is 9.36. The highest BCUT2D eigenvalue weighted by Gasteiger charge is 2.30. The number of imidazole rings is 1. The van der Waals surface area contributed by atoms with Crippen LogP contribution in [0.1, 0.15) is 19.8 Å². The number of hydrogen-bond donors (Lipinski definition) is 2. The van der Waals surface area contributed by atoms with Crippen LogP contribution in [-0.4, -0.2) is 59.7 Å². The van der Waals surface area contributed by atoms with Gasteiger partial charge < -0.3 is 14.9 Å². The van der Waals surface area contributed by atoms with Crippen molar-refractivity contribution in [2.24, 2.45) is 0 Å². The smallest absolute Gasteiger partial charge is 0.323 e. The molecule has 0 atom stereocenters. The van der Waals surface area contributed by atoms with Gasteiger partial charge in [0.05, 0.1) is 15.9 Å². The molecule has 3 rings (SSSR count). The lowest BCUT2D eigenvalue weighted by molar-refractivity contribution is -0.132. The van der Waals surface area contributed by atoms with E-state index in [9.17, 15) is 18.0 Å². The summed E-state index contributed by atoms with van der Waals surface area (Å²) in [6.07, 6.45) is 1.27. The van der Waals surface area contributed by atoms with E-state index in [1.807, 2.05) is 6.92 Å². The molecular weight excluding hydrogens is 332 g/mol. The van der Waals surface area contributed by atoms with Crippen molar-refractivity contribution in [2.75, 3.05) is 26.2 Å². The SMILES string of the molecule is CCCC(=O)N1CCN(S(=O)(=O)c2ccc3[nH]c(=O)[nH]c3c2)CC1. The van der Waals surface area contributed by atoms with Gasteiger partial charge in [-0.25, -0.2) is 13.2 Å². The van der Waals surface area contributed by atoms with Gasteiger partial charge in [0.15, 0.2) is 0 Å². The van der Waals surface area contributed by atoms with Gasteiger partial charge in [0.25, 0.3) is 0 Å². The number of amides is 1. The van der Waals surface area contributed by atoms with E-state index in [0.29, 0.717) is 30.5 Å². The molecule has 130 valence electrons. The average Bonchev–Trinajstić information content (AvgIpc) is 2.94. The lowest BCUT2D eigenvalue weighted by atomic mass is 10.2. The molecule has 8 nitrogen and oxygen atoms in total. The number of fused-ring (bicyclic) bond motifs is 1. The van der Waals surface area contributed by atoms with Crippen LogP contribution >= 0.6 is 0 Å². The summed E-state index contributed by atoms with van der Waals surface area (Å²) >= 11 is 0. The minimum absolute atomic E-state index is 0.0702. The minimum Gasteiger partial charge on any atom is -0.340 e. The quantitative estimate of drug-likeness (QED) is 0.835. The molecule has 2 N–H and O–H groups in total. The Labute approximate surface area is 139 Å². The Morgan fingerprint density at radius 2 is 1.79 bits per heavy atom. The van der Waals surface area contributed by atoms with E-state index < -0.39 is 10.0 Å². The van der Waals surface area contributed by atoms with E-state index in [2.05, 4.69) is 9.97 Å². The summed E-state index contributed by atoms with van der Waals surface area (Å²) in [5.74, 6) is 0.0702. The third-order valence-electron chi connectivity index (χ3n) is 4.18. The standard InChI is InChI=1S/C15H20N4O4S/c1-2-3-14(20)18-6-8-19(9-7-18)24(22,23)11-4-5-12-13(10-11)17-15(21)16-12/h4-5,10H,2-3,6-9H2,1H3,(H2,16,17,21). The second-order valence-corrected chi connectivity index (χ2v) is 7.76. The van der Waals surface area contributed by atoms with Gasteiger partial charge in [-0.05, 0) is 24.6 Å². The van der Waals surface area contributed by atoms with Crippen molar-refractivity contribution >= 4 is 27.0 Å². The Morgan fingerprint density at radius 3 is 2.46 bits per heavy atom. The van der Waals surface area contributed by atoms with Crippen LogP contribution in [-0.2, 0) is 14.8 Å². The Morgan fingerprint density at radius 1 is 1.12 bits per heavy atom. The van der Waals surface area contributed by atoms with Gasteiger partial charge in [-0.3, -0.25) is 4.79 Å². The summed E-state index contributed by atoms with van der Waals surface area (Å²) in [6.45, 7) is 3.31. The van der Waals surface area contributed by atoms with Crippen molar-refractivity contribution in [3.05, 3.63) is 28.7 Å². The van der Waals surface area contributed by atoms with E-state index in [1.54, 1.807) is 11.0 Å². The molecule has 0 saturated carbocycles. The Bertz CT molecular complexity index is 907. The number of aromatic nitrogens is 2. The van der Waals surface area contributed by atoms with Gasteiger partial charge in [-0.2, -0.15) is 4.31 Å². The number of H-pyrrole nitrogens is 2. The molecule has 0 unspecified atom stereocenters. The predicted molar refractivity (Wildman–Crippen MR) is 89.2 cm³/mol. The highest BCUT2D eigenvalue weighted by atomic mass is 32.2. The second kappa shape index (κ2) is 6.40. The highest BCUT2D eigenvalue weighted by Crippen LogP contribution is 2.20. The van der Waals surface area contributed by atoms with E-state index >= 15 is 0 Å². The molecule has 1 fully saturated rings. The van der Waals surface area contributed by atoms with Gasteiger partial charge in [-0.1, -0.05) is 6.92 Å². The fourth-order valence-corrected chi connectivity index (χ4v) is 4.32. The molecule has 0 radical (unpaired) electrons. The zero-order chi connectivity index (χ0) is 17.3. The molecular formula is C15H20N4O4S. The van der Waals surface area contributed by atoms with Crippen molar-refractivity contribution in [2.45, 2.75) is 24.7 Å². The van der Waals surface area contributed by atoms with Gasteiger partial charge in [0.1, 0.15) is 0 Å². The highest BCUT2D eigenvalue weighted by molar-refractivity contribution is 7.89. The van der Waals surface area contributed by atoms with Crippen LogP contribution in [0.4, 0.5) is 0 Å². The number of carbonyl (C=O) groups excluding carboxylic acids is 1. The number of hydrogen-bond acceptors (Lipinski definition) is 4. The molecule has 1 aromatic heterocycles. The van der Waals surface area contributed by atoms with E-state index in [4.69, 9.17) is 0 Å². The summed E-state index contributed by atoms with van der Waals surface area (Å²) in [5.41, 5.74) is 0.648. The molecule has 0 aliphatic carbocycles. The molecule has 1 saturated heterocycles. The van der Waals surface area contributed by atoms with Crippen molar-refractivity contribution in [1.29, 1.82) is 0 Å². The van der Waals surface area contributed by atoms with E-state index in [-0.39, 0.29) is 29.6 Å². The molecule has 1 aromatic carbocycles. The predicted octanol–water partition coefficient (Wildman–Crippen LogP) is 0.489. The maximum atomic E-state index is 12.8. The zero-order valence-corrected chi connectivity index (χ0v) is 14.2. The first kappa shape index (κ1) is 16.7. The summed E-state index contributed by atoms with van der Waals surface area (Å²) in [5, 5.41) is 0. The monoisotopic (exact) mass is 352 g/mol. The summed E-state index contributed by atoms with van der Waals surface area (Å²) in [7, 11) is -3.65. The Kier molecular flexibility index (Phi) is 4.46. The number of rotatable bonds is 4. The van der Waals surface area contributed by atoms with Crippen molar-refractivity contribution in [1.82, 2.24) is 19.2 Å². The van der Waals surface area contributed by atoms with Gasteiger partial charge in [0, 0.05) is 32.6 Å². The van der Waals surface area contributed by atoms with Crippen LogP contribution in [0.2, 0.25) is 0 Å². The number of aromatic amines is 2. The van der Waals surface area contributed by atoms with Crippen molar-refractivity contribution in [3.8, 4) is 0 Å². The fourth-order valence-electron chi connectivity index (χ4n) is 2.87. The summed E-state index contributed by atoms with van der Waals surface area (Å²) in [4.78, 5) is 30.2. The number of nitrogens with zero attached hydrogens (tertiary/aromatic N) is 2. The third kappa shape index (κ3) is 3.09. The Hall–Kier alpha value is -2.13. The van der Waals surface area contributed by atoms with E-state index in [0.717, 1.165) is 6.42 Å². The molecule has 1 amide bonds. The van der Waals surface area contributed by atoms with Gasteiger partial charge in [-0.15, -0.1) is 0 Å². The largest absolute Gasteiger partial charge is 0.340 e. The van der Waals surface area contributed by atoms with Crippen molar-refractivity contribution in [3.63, 3.8) is 0 Å². The first-order chi connectivity index (χ1) is 11.4. The molecule has 0 spiro atoms. The number of carbonyl (C=O) groups is 1. The van der Waals surface area contributed by atoms with Crippen LogP contribution in [0.3, 0.4) is 0 Å². The van der Waals surface area contributed by atoms with Crippen molar-refractivity contribution < 1.29 is 13.2 Å². The second-order valence-electron chi connectivity index (χ2n) is 5.82. The summed E-state index contributed by atoms with van der Waals surface area (Å²) in [6, 6.07) is 4.51. The maximum absolute atomic E-state index is 12.8. The molecule has 0 bridgehead atoms. The number of benzene rings is 1. The lowest BCUT2D eigenvalue weighted by Gasteiger charge is -2.34. The molecule has 2 heterocycles. The molecule has 9 heteroatoms. The van der Waals surface area contributed by atoms with Crippen LogP contribution in [0, 0.1) is 0 Å². The topological polar surface area (TPSA) is 106 Å². The zero-order valence-electron chi connectivity index (χ0n) is 13.4. The lowest BCUT2D eigenvalue weighted by Crippen LogP contribution is -2.50. The number of piperazine rings is 1. The molecule has 24 heavy (non-hydrogen) atoms. The van der Waals surface area contributed by atoms with Crippen LogP contribution in [0.25, 0.3) is 11.0 Å². The maximum Gasteiger partial charge on any atom is 0.323 e. The fraction of sp³-hybridized carbons (Fsp3) is 0.467. The van der Waals surface area contributed by atoms with Gasteiger partial charge >= 0.3 is 5.69 Å². The normalized spacial score (nSPS) is 16.6. The molecule has 1 aliphatic rings. The Balaban J connectivity index is 1.78.